The van der Waals surface area contributed by atoms with E-state index in [0.29, 0.717) is 17.4 Å². The van der Waals surface area contributed by atoms with Crippen LogP contribution in [0.1, 0.15) is 60.8 Å². The van der Waals surface area contributed by atoms with E-state index in [9.17, 15) is 4.79 Å². The zero-order valence-electron chi connectivity index (χ0n) is 19.8. The van der Waals surface area contributed by atoms with Gasteiger partial charge in [-0.3, -0.25) is 14.5 Å². The Morgan fingerprint density at radius 3 is 2.74 bits per heavy atom. The van der Waals surface area contributed by atoms with E-state index in [-0.39, 0.29) is 11.3 Å². The van der Waals surface area contributed by atoms with Gasteiger partial charge in [0.05, 0.1) is 0 Å². The lowest BCUT2D eigenvalue weighted by molar-refractivity contribution is 0.102. The molecule has 1 aromatic carbocycles. The molecule has 0 bridgehead atoms. The Hall–Kier alpha value is -4.01. The summed E-state index contributed by atoms with van der Waals surface area (Å²) in [5.41, 5.74) is 4.90. The third-order valence-electron chi connectivity index (χ3n) is 5.86. The van der Waals surface area contributed by atoms with Crippen molar-refractivity contribution in [2.75, 3.05) is 10.6 Å². The number of aromatic amines is 1. The van der Waals surface area contributed by atoms with Crippen molar-refractivity contribution in [2.24, 2.45) is 0 Å². The number of anilines is 2. The molecule has 174 valence electrons. The number of rotatable bonds is 6. The number of fused-ring (bicyclic) bond motifs is 1. The Balaban J connectivity index is 1.36. The van der Waals surface area contributed by atoms with Crippen LogP contribution in [-0.2, 0) is 5.41 Å². The molecule has 34 heavy (non-hydrogen) atoms. The maximum Gasteiger partial charge on any atom is 0.256 e. The van der Waals surface area contributed by atoms with Gasteiger partial charge < -0.3 is 10.6 Å². The van der Waals surface area contributed by atoms with E-state index in [1.54, 1.807) is 12.7 Å². The van der Waals surface area contributed by atoms with Crippen LogP contribution in [-0.4, -0.2) is 41.7 Å². The van der Waals surface area contributed by atoms with E-state index in [2.05, 4.69) is 56.6 Å². The summed E-state index contributed by atoms with van der Waals surface area (Å²) in [5.74, 6) is 1.06. The fourth-order valence-corrected chi connectivity index (χ4v) is 3.57. The number of H-pyrrole nitrogens is 1. The van der Waals surface area contributed by atoms with Crippen molar-refractivity contribution < 1.29 is 4.79 Å². The number of nitrogens with one attached hydrogen (secondary N) is 3. The first-order valence-electron chi connectivity index (χ1n) is 11.4. The summed E-state index contributed by atoms with van der Waals surface area (Å²) < 4.78 is 1.86. The molecule has 9 heteroatoms. The zero-order valence-corrected chi connectivity index (χ0v) is 19.8. The van der Waals surface area contributed by atoms with Gasteiger partial charge in [-0.1, -0.05) is 26.8 Å². The molecule has 1 amide bonds. The van der Waals surface area contributed by atoms with E-state index in [4.69, 9.17) is 0 Å². The second-order valence-electron chi connectivity index (χ2n) is 9.72. The van der Waals surface area contributed by atoms with Crippen molar-refractivity contribution in [1.82, 2.24) is 29.7 Å². The number of carbonyl (C=O) groups excluding carboxylic acids is 1. The number of nitrogens with zero attached hydrogens (tertiary/aromatic N) is 5. The van der Waals surface area contributed by atoms with E-state index in [1.807, 2.05) is 48.0 Å². The second-order valence-corrected chi connectivity index (χ2v) is 9.72. The van der Waals surface area contributed by atoms with Crippen LogP contribution in [0.5, 0.6) is 0 Å². The Labute approximate surface area is 197 Å². The topological polar surface area (TPSA) is 113 Å². The van der Waals surface area contributed by atoms with E-state index in [0.717, 1.165) is 46.6 Å². The highest BCUT2D eigenvalue weighted by atomic mass is 16.1. The molecule has 3 N–H and O–H groups in total. The van der Waals surface area contributed by atoms with Crippen LogP contribution < -0.4 is 10.6 Å². The minimum absolute atomic E-state index is 0.0745. The van der Waals surface area contributed by atoms with Gasteiger partial charge in [0.1, 0.15) is 12.7 Å². The minimum atomic E-state index is -0.210. The maximum atomic E-state index is 12.8. The van der Waals surface area contributed by atoms with Gasteiger partial charge in [-0.05, 0) is 49.1 Å². The zero-order chi connectivity index (χ0) is 23.9. The molecule has 1 aliphatic rings. The lowest BCUT2D eigenvalue weighted by Crippen LogP contribution is -2.13. The molecule has 0 radical (unpaired) electrons. The summed E-state index contributed by atoms with van der Waals surface area (Å²) in [6, 6.07) is 7.97. The predicted octanol–water partition coefficient (Wildman–Crippen LogP) is 4.61. The largest absolute Gasteiger partial charge is 0.365 e. The summed E-state index contributed by atoms with van der Waals surface area (Å²) in [4.78, 5) is 26.1. The van der Waals surface area contributed by atoms with Crippen molar-refractivity contribution in [3.05, 3.63) is 59.3 Å². The highest BCUT2D eigenvalue weighted by molar-refractivity contribution is 6.04. The smallest absolute Gasteiger partial charge is 0.256 e. The average molecular weight is 457 g/mol. The standard InChI is InChI=1S/C25H28N8O/c1-15-5-6-17(24(34)30-20-12-19(31-32-20)25(2,3)4)11-16(15)9-10-33-14-28-21-22(29-18-7-8-18)26-13-27-23(21)33/h5-6,9-14,18H,7-8H2,1-4H3,(H,26,27,29)(H2,30,31,32,34)/b10-9+. The molecule has 0 unspecified atom stereocenters. The lowest BCUT2D eigenvalue weighted by Gasteiger charge is -2.14. The minimum Gasteiger partial charge on any atom is -0.365 e. The number of aryl methyl sites for hydroxylation is 1. The van der Waals surface area contributed by atoms with E-state index < -0.39 is 0 Å². The Morgan fingerprint density at radius 1 is 1.18 bits per heavy atom. The molecule has 0 spiro atoms. The fourth-order valence-electron chi connectivity index (χ4n) is 3.57. The summed E-state index contributed by atoms with van der Waals surface area (Å²) in [5, 5.41) is 13.5. The highest BCUT2D eigenvalue weighted by Crippen LogP contribution is 2.27. The third kappa shape index (κ3) is 4.54. The maximum absolute atomic E-state index is 12.8. The molecule has 3 aromatic heterocycles. The number of imidazole rings is 1. The first-order valence-corrected chi connectivity index (χ1v) is 11.4. The van der Waals surface area contributed by atoms with Crippen molar-refractivity contribution in [1.29, 1.82) is 0 Å². The molecule has 9 nitrogen and oxygen atoms in total. The summed E-state index contributed by atoms with van der Waals surface area (Å²) >= 11 is 0. The van der Waals surface area contributed by atoms with Gasteiger partial charge in [0, 0.05) is 35.0 Å². The molecule has 0 atom stereocenters. The summed E-state index contributed by atoms with van der Waals surface area (Å²) in [6.07, 6.45) is 9.45. The van der Waals surface area contributed by atoms with Gasteiger partial charge in [0.2, 0.25) is 0 Å². The summed E-state index contributed by atoms with van der Waals surface area (Å²) in [7, 11) is 0. The third-order valence-corrected chi connectivity index (χ3v) is 5.86. The van der Waals surface area contributed by atoms with Gasteiger partial charge in [0.15, 0.2) is 22.8 Å². The van der Waals surface area contributed by atoms with Gasteiger partial charge in [-0.25, -0.2) is 15.0 Å². The van der Waals surface area contributed by atoms with E-state index >= 15 is 0 Å². The quantitative estimate of drug-likeness (QED) is 0.390. The fraction of sp³-hybridized carbons (Fsp3) is 0.320. The monoisotopic (exact) mass is 456 g/mol. The molecular weight excluding hydrogens is 428 g/mol. The molecule has 3 heterocycles. The van der Waals surface area contributed by atoms with Crippen molar-refractivity contribution in [3.8, 4) is 0 Å². The lowest BCUT2D eigenvalue weighted by atomic mass is 9.92. The first kappa shape index (κ1) is 21.8. The van der Waals surface area contributed by atoms with Crippen molar-refractivity contribution >= 4 is 41.0 Å². The van der Waals surface area contributed by atoms with Crippen LogP contribution in [0.4, 0.5) is 11.6 Å². The molecule has 1 fully saturated rings. The van der Waals surface area contributed by atoms with Crippen molar-refractivity contribution in [2.45, 2.75) is 52.0 Å². The molecule has 1 aliphatic carbocycles. The normalized spacial score (nSPS) is 14.1. The van der Waals surface area contributed by atoms with Crippen LogP contribution in [0.25, 0.3) is 23.4 Å². The van der Waals surface area contributed by atoms with E-state index in [1.165, 1.54) is 0 Å². The average Bonchev–Trinajstić information content (AvgIpc) is 3.30. The molecule has 4 aromatic rings. The predicted molar refractivity (Wildman–Crippen MR) is 134 cm³/mol. The SMILES string of the molecule is Cc1ccc(C(=O)Nc2cc(C(C)(C)C)[nH]n2)cc1/C=C/n1cnc2c(NC3CC3)ncnc21. The number of hydrogen-bond acceptors (Lipinski definition) is 6. The van der Waals surface area contributed by atoms with Gasteiger partial charge in [0.25, 0.3) is 5.91 Å². The molecule has 0 saturated heterocycles. The Morgan fingerprint density at radius 2 is 2.00 bits per heavy atom. The molecule has 0 aliphatic heterocycles. The molecular formula is C25H28N8O. The summed E-state index contributed by atoms with van der Waals surface area (Å²) in [6.45, 7) is 8.27. The van der Waals surface area contributed by atoms with Crippen molar-refractivity contribution in [3.63, 3.8) is 0 Å². The van der Waals surface area contributed by atoms with Gasteiger partial charge >= 0.3 is 0 Å². The van der Waals surface area contributed by atoms with Crippen LogP contribution >= 0.6 is 0 Å². The molecule has 1 saturated carbocycles. The molecule has 5 rings (SSSR count). The van der Waals surface area contributed by atoms with Crippen LogP contribution in [0.15, 0.2) is 36.9 Å². The van der Waals surface area contributed by atoms with Crippen LogP contribution in [0.2, 0.25) is 0 Å². The Kier molecular flexibility index (Phi) is 5.39. The van der Waals surface area contributed by atoms with Crippen LogP contribution in [0.3, 0.4) is 0 Å². The number of aromatic nitrogens is 6. The number of carbonyl (C=O) groups is 1. The highest BCUT2D eigenvalue weighted by Gasteiger charge is 2.23. The van der Waals surface area contributed by atoms with Gasteiger partial charge in [-0.15, -0.1) is 0 Å². The number of benzene rings is 1. The van der Waals surface area contributed by atoms with Gasteiger partial charge in [-0.2, -0.15) is 5.10 Å². The van der Waals surface area contributed by atoms with Crippen LogP contribution in [0, 0.1) is 6.92 Å². The Bertz CT molecular complexity index is 1390. The number of amides is 1. The number of hydrogen-bond donors (Lipinski definition) is 3. The second kappa shape index (κ2) is 8.40. The first-order chi connectivity index (χ1) is 16.3.